The highest BCUT2D eigenvalue weighted by Crippen LogP contribution is 2.21. The fourth-order valence-corrected chi connectivity index (χ4v) is 13.0. The molecule has 0 aromatic rings. The number of quaternary nitrogens is 1. The van der Waals surface area contributed by atoms with Gasteiger partial charge in [-0.15, -0.1) is 0 Å². The first kappa shape index (κ1) is 95.0. The maximum absolute atomic E-state index is 13.0. The molecular weight excluding hydrogens is 1210 g/mol. The van der Waals surface area contributed by atoms with Crippen molar-refractivity contribution in [3.63, 3.8) is 0 Å². The zero-order chi connectivity index (χ0) is 71.1. The zero-order valence-electron chi connectivity index (χ0n) is 65.9. The first-order valence-electron chi connectivity index (χ1n) is 42.9. The predicted molar refractivity (Wildman–Crippen MR) is 422 cm³/mol. The van der Waals surface area contributed by atoms with Crippen LogP contribution in [0.1, 0.15) is 431 Å². The summed E-state index contributed by atoms with van der Waals surface area (Å²) in [7, 11) is 5.95. The summed E-state index contributed by atoms with van der Waals surface area (Å²) in [5.41, 5.74) is 0. The topological polar surface area (TPSA) is 111 Å². The number of rotatable bonds is 81. The number of likely N-dealkylation sites (N-methyl/N-ethyl adjacent to an activating group) is 1. The number of unbranched alkanes of at least 4 members (excludes halogenated alkanes) is 56. The minimum absolute atomic E-state index is 0.150. The Hall–Kier alpha value is -3.01. The number of nitrogens with zero attached hydrogens (tertiary/aromatic N) is 1. The van der Waals surface area contributed by atoms with Gasteiger partial charge in [-0.05, 0) is 57.8 Å². The van der Waals surface area contributed by atoms with Gasteiger partial charge in [-0.1, -0.05) is 421 Å². The summed E-state index contributed by atoms with van der Waals surface area (Å²) in [5, 5.41) is 11.9. The second-order valence-electron chi connectivity index (χ2n) is 30.5. The van der Waals surface area contributed by atoms with Gasteiger partial charge in [-0.2, -0.15) is 0 Å². The molecule has 574 valence electrons. The Balaban J connectivity index is 3.93. The number of hydrogen-bond donors (Lipinski definition) is 0. The second kappa shape index (κ2) is 79.7. The van der Waals surface area contributed by atoms with Gasteiger partial charge in [0.2, 0.25) is 0 Å². The van der Waals surface area contributed by atoms with E-state index in [-0.39, 0.29) is 32.2 Å². The van der Waals surface area contributed by atoms with E-state index >= 15 is 0 Å². The van der Waals surface area contributed by atoms with E-state index in [1.165, 1.54) is 334 Å². The molecule has 0 rings (SSSR count). The molecule has 0 amide bonds. The molecule has 0 aromatic heterocycles. The Labute approximate surface area is 609 Å². The van der Waals surface area contributed by atoms with Gasteiger partial charge in [0.15, 0.2) is 12.4 Å². The number of ether oxygens (including phenoxy) is 4. The fourth-order valence-electron chi connectivity index (χ4n) is 13.0. The van der Waals surface area contributed by atoms with Crippen molar-refractivity contribution in [2.75, 3.05) is 47.5 Å². The van der Waals surface area contributed by atoms with E-state index in [1.807, 2.05) is 21.1 Å². The normalized spacial score (nSPS) is 12.9. The SMILES string of the molecule is CC/C=C\C/C=C\C/C=C\C/C=C\C/C=C\CCCCCCCCCCCCCCCCCCCCCC(=O)OC(COC(=O)CCCCCCCCCCCCCCCCCCCCCCCCCCCCCCCCCCCCCCCC)COC(OCC[N+](C)(C)C)C(=O)[O-]. The first-order chi connectivity index (χ1) is 48.1. The molecule has 0 aromatic carbocycles. The van der Waals surface area contributed by atoms with Crippen molar-refractivity contribution in [3.05, 3.63) is 60.8 Å². The number of carboxylic acid groups (broad SMARTS) is 1. The molecule has 0 radical (unpaired) electrons. The molecule has 2 atom stereocenters. The summed E-state index contributed by atoms with van der Waals surface area (Å²) in [6, 6.07) is 0. The Bertz CT molecular complexity index is 1800. The number of carbonyl (C=O) groups is 3. The monoisotopic (exact) mass is 1380 g/mol. The van der Waals surface area contributed by atoms with Crippen LogP contribution >= 0.6 is 0 Å². The van der Waals surface area contributed by atoms with Crippen molar-refractivity contribution >= 4 is 17.9 Å². The molecule has 0 heterocycles. The van der Waals surface area contributed by atoms with Gasteiger partial charge in [-0.3, -0.25) is 9.59 Å². The third-order valence-corrected chi connectivity index (χ3v) is 19.5. The molecule has 9 nitrogen and oxygen atoms in total. The standard InChI is InChI=1S/C89H165NO8/c1-6-8-10-12-14-16-18-20-22-24-26-28-30-32-34-36-38-40-42-43-44-46-47-49-51-53-55-57-59-61-63-65-67-69-71-73-75-77-79-86(91)96-83-85(84-97-89(88(93)94)95-82-81-90(3,4)5)98-87(92)80-78-76-74-72-70-68-66-64-62-60-58-56-54-52-50-48-45-41-39-37-35-33-31-29-27-25-23-21-19-17-15-13-11-9-7-2/h9,11,15,17,21,23,27,29,33,35,85,89H,6-8,10,12-14,16,18-20,22,24-26,28,30-32,34,36-84H2,1-5H3/b11-9-,17-15-,23-21-,29-27-,35-33-. The van der Waals surface area contributed by atoms with Crippen LogP contribution < -0.4 is 5.11 Å². The van der Waals surface area contributed by atoms with E-state index < -0.39 is 24.3 Å². The Morgan fingerprint density at radius 3 is 0.867 bits per heavy atom. The smallest absolute Gasteiger partial charge is 0.306 e. The van der Waals surface area contributed by atoms with Crippen LogP contribution in [-0.4, -0.2) is 82.3 Å². The van der Waals surface area contributed by atoms with Crippen LogP contribution in [0.5, 0.6) is 0 Å². The highest BCUT2D eigenvalue weighted by molar-refractivity contribution is 5.70. The van der Waals surface area contributed by atoms with Crippen LogP contribution in [0.15, 0.2) is 60.8 Å². The molecule has 0 saturated carbocycles. The largest absolute Gasteiger partial charge is 0.545 e. The van der Waals surface area contributed by atoms with E-state index in [0.717, 1.165) is 64.2 Å². The van der Waals surface area contributed by atoms with Crippen molar-refractivity contribution in [2.24, 2.45) is 0 Å². The second-order valence-corrected chi connectivity index (χ2v) is 30.5. The van der Waals surface area contributed by atoms with Crippen LogP contribution in [-0.2, 0) is 33.3 Å². The maximum atomic E-state index is 13.0. The number of aliphatic carboxylic acids is 1. The molecule has 0 bridgehead atoms. The number of allylic oxidation sites excluding steroid dienone is 10. The van der Waals surface area contributed by atoms with Gasteiger partial charge in [0.1, 0.15) is 13.2 Å². The Morgan fingerprint density at radius 2 is 0.582 bits per heavy atom. The molecule has 0 saturated heterocycles. The van der Waals surface area contributed by atoms with Gasteiger partial charge < -0.3 is 33.3 Å². The fraction of sp³-hybridized carbons (Fsp3) is 0.854. The number of carboxylic acids is 1. The molecular formula is C89H165NO8. The van der Waals surface area contributed by atoms with Gasteiger partial charge in [0.05, 0.1) is 40.3 Å². The molecule has 9 heteroatoms. The Morgan fingerprint density at radius 1 is 0.316 bits per heavy atom. The van der Waals surface area contributed by atoms with Crippen LogP contribution in [0.25, 0.3) is 0 Å². The lowest BCUT2D eigenvalue weighted by molar-refractivity contribution is -0.870. The summed E-state index contributed by atoms with van der Waals surface area (Å²) in [4.78, 5) is 37.7. The molecule has 2 unspecified atom stereocenters. The zero-order valence-corrected chi connectivity index (χ0v) is 65.9. The molecule has 0 fully saturated rings. The van der Waals surface area contributed by atoms with Gasteiger partial charge >= 0.3 is 11.9 Å². The highest BCUT2D eigenvalue weighted by atomic mass is 16.7. The summed E-state index contributed by atoms with van der Waals surface area (Å²) >= 11 is 0. The molecule has 98 heavy (non-hydrogen) atoms. The third kappa shape index (κ3) is 80.3. The lowest BCUT2D eigenvalue weighted by Crippen LogP contribution is -2.44. The van der Waals surface area contributed by atoms with Crippen molar-refractivity contribution < 1.29 is 42.9 Å². The highest BCUT2D eigenvalue weighted by Gasteiger charge is 2.22. The summed E-state index contributed by atoms with van der Waals surface area (Å²) in [6.07, 6.45) is 104. The quantitative estimate of drug-likeness (QED) is 0.0195. The van der Waals surface area contributed by atoms with E-state index in [2.05, 4.69) is 74.6 Å². The first-order valence-corrected chi connectivity index (χ1v) is 42.9. The summed E-state index contributed by atoms with van der Waals surface area (Å²) in [6.45, 7) is 4.71. The lowest BCUT2D eigenvalue weighted by Gasteiger charge is -2.26. The van der Waals surface area contributed by atoms with E-state index in [0.29, 0.717) is 23.9 Å². The van der Waals surface area contributed by atoms with E-state index in [9.17, 15) is 19.5 Å². The van der Waals surface area contributed by atoms with Crippen molar-refractivity contribution in [2.45, 2.75) is 444 Å². The molecule has 0 aliphatic carbocycles. The third-order valence-electron chi connectivity index (χ3n) is 19.5. The maximum Gasteiger partial charge on any atom is 0.306 e. The van der Waals surface area contributed by atoms with Gasteiger partial charge in [-0.25, -0.2) is 0 Å². The van der Waals surface area contributed by atoms with E-state index in [4.69, 9.17) is 18.9 Å². The van der Waals surface area contributed by atoms with E-state index in [1.54, 1.807) is 0 Å². The van der Waals surface area contributed by atoms with Crippen LogP contribution in [0.3, 0.4) is 0 Å². The minimum Gasteiger partial charge on any atom is -0.545 e. The molecule has 0 N–H and O–H groups in total. The summed E-state index contributed by atoms with van der Waals surface area (Å²) in [5.74, 6) is -2.25. The average molecular weight is 1380 g/mol. The number of carbonyl (C=O) groups excluding carboxylic acids is 3. The number of hydrogen-bond acceptors (Lipinski definition) is 8. The van der Waals surface area contributed by atoms with Gasteiger partial charge in [0.25, 0.3) is 0 Å². The van der Waals surface area contributed by atoms with Crippen LogP contribution in [0.2, 0.25) is 0 Å². The molecule has 0 spiro atoms. The van der Waals surface area contributed by atoms with Crippen molar-refractivity contribution in [1.29, 1.82) is 0 Å². The van der Waals surface area contributed by atoms with Gasteiger partial charge in [0, 0.05) is 12.8 Å². The average Bonchev–Trinajstić information content (AvgIpc) is 1.34. The van der Waals surface area contributed by atoms with Crippen LogP contribution in [0, 0.1) is 0 Å². The Kier molecular flexibility index (Phi) is 77.2. The van der Waals surface area contributed by atoms with Crippen molar-refractivity contribution in [3.8, 4) is 0 Å². The number of esters is 2. The minimum atomic E-state index is -1.62. The molecule has 0 aliphatic rings. The predicted octanol–water partition coefficient (Wildman–Crippen LogP) is 26.4. The molecule has 0 aliphatic heterocycles. The van der Waals surface area contributed by atoms with Crippen molar-refractivity contribution in [1.82, 2.24) is 0 Å². The van der Waals surface area contributed by atoms with Crippen LogP contribution in [0.4, 0.5) is 0 Å². The lowest BCUT2D eigenvalue weighted by atomic mass is 10.0. The summed E-state index contributed by atoms with van der Waals surface area (Å²) < 4.78 is 22.9.